The number of carbonyl (C=O) groups excluding carboxylic acids is 1. The van der Waals surface area contributed by atoms with Gasteiger partial charge in [-0.3, -0.25) is 4.79 Å². The predicted molar refractivity (Wildman–Crippen MR) is 111 cm³/mol. The van der Waals surface area contributed by atoms with Crippen molar-refractivity contribution in [2.75, 3.05) is 25.6 Å². The molecule has 1 aromatic carbocycles. The van der Waals surface area contributed by atoms with Gasteiger partial charge in [-0.25, -0.2) is 4.98 Å². The number of anilines is 1. The van der Waals surface area contributed by atoms with Gasteiger partial charge < -0.3 is 14.8 Å². The summed E-state index contributed by atoms with van der Waals surface area (Å²) in [6.45, 7) is 2.86. The third-order valence-corrected chi connectivity index (χ3v) is 5.60. The van der Waals surface area contributed by atoms with Gasteiger partial charge in [0.05, 0.1) is 23.9 Å². The summed E-state index contributed by atoms with van der Waals surface area (Å²) in [6, 6.07) is 9.56. The SMILES string of the molecule is COCCOc1ncc(NC(=O)C2(c3ccc(Cl)cc3)CCCCC2)cc1C. The molecule has 5 nitrogen and oxygen atoms in total. The number of carbonyl (C=O) groups is 1. The molecule has 150 valence electrons. The zero-order valence-electron chi connectivity index (χ0n) is 16.5. The van der Waals surface area contributed by atoms with Crippen LogP contribution in [-0.2, 0) is 14.9 Å². The fourth-order valence-electron chi connectivity index (χ4n) is 3.83. The number of rotatable bonds is 7. The molecule has 1 N–H and O–H groups in total. The minimum Gasteiger partial charge on any atom is -0.475 e. The number of hydrogen-bond donors (Lipinski definition) is 1. The van der Waals surface area contributed by atoms with E-state index in [2.05, 4.69) is 10.3 Å². The van der Waals surface area contributed by atoms with E-state index in [4.69, 9.17) is 21.1 Å². The van der Waals surface area contributed by atoms with Crippen LogP contribution in [0.5, 0.6) is 5.88 Å². The van der Waals surface area contributed by atoms with Gasteiger partial charge in [-0.15, -0.1) is 0 Å². The summed E-state index contributed by atoms with van der Waals surface area (Å²) < 4.78 is 10.6. The normalized spacial score (nSPS) is 15.8. The molecule has 0 atom stereocenters. The van der Waals surface area contributed by atoms with Gasteiger partial charge in [0.15, 0.2) is 0 Å². The largest absolute Gasteiger partial charge is 0.475 e. The number of amides is 1. The molecule has 1 amide bonds. The number of aromatic nitrogens is 1. The van der Waals surface area contributed by atoms with Crippen LogP contribution in [0.4, 0.5) is 5.69 Å². The van der Waals surface area contributed by atoms with Crippen LogP contribution in [0.25, 0.3) is 0 Å². The number of aryl methyl sites for hydroxylation is 1. The zero-order chi connectivity index (χ0) is 20.0. The van der Waals surface area contributed by atoms with E-state index in [1.807, 2.05) is 37.3 Å². The lowest BCUT2D eigenvalue weighted by Gasteiger charge is -2.36. The first-order chi connectivity index (χ1) is 13.5. The van der Waals surface area contributed by atoms with Crippen LogP contribution in [-0.4, -0.2) is 31.2 Å². The van der Waals surface area contributed by atoms with Crippen LogP contribution >= 0.6 is 11.6 Å². The topological polar surface area (TPSA) is 60.5 Å². The summed E-state index contributed by atoms with van der Waals surface area (Å²) in [5.74, 6) is 0.573. The maximum absolute atomic E-state index is 13.4. The van der Waals surface area contributed by atoms with Crippen molar-refractivity contribution < 1.29 is 14.3 Å². The van der Waals surface area contributed by atoms with E-state index in [0.29, 0.717) is 29.8 Å². The van der Waals surface area contributed by atoms with E-state index in [-0.39, 0.29) is 5.91 Å². The predicted octanol–water partition coefficient (Wildman–Crippen LogP) is 4.91. The molecule has 0 radical (unpaired) electrons. The second kappa shape index (κ2) is 9.39. The van der Waals surface area contributed by atoms with E-state index in [0.717, 1.165) is 43.2 Å². The molecular weight excluding hydrogens is 376 g/mol. The number of nitrogens with one attached hydrogen (secondary N) is 1. The third-order valence-electron chi connectivity index (χ3n) is 5.35. The molecule has 6 heteroatoms. The third kappa shape index (κ3) is 4.65. The van der Waals surface area contributed by atoms with Crippen LogP contribution < -0.4 is 10.1 Å². The molecule has 1 saturated carbocycles. The standard InChI is InChI=1S/C22H27ClN2O3/c1-16-14-19(15-24-20(16)28-13-12-27-2)25-21(26)22(10-4-3-5-11-22)17-6-8-18(23)9-7-17/h6-9,14-15H,3-5,10-13H2,1-2H3,(H,25,26). The number of hydrogen-bond acceptors (Lipinski definition) is 4. The fraction of sp³-hybridized carbons (Fsp3) is 0.455. The monoisotopic (exact) mass is 402 g/mol. The number of nitrogens with zero attached hydrogens (tertiary/aromatic N) is 1. The van der Waals surface area contributed by atoms with Crippen molar-refractivity contribution in [1.29, 1.82) is 0 Å². The van der Waals surface area contributed by atoms with Crippen molar-refractivity contribution in [1.82, 2.24) is 4.98 Å². The van der Waals surface area contributed by atoms with Crippen LogP contribution in [0.15, 0.2) is 36.5 Å². The molecule has 1 aliphatic rings. The van der Waals surface area contributed by atoms with Gasteiger partial charge in [0, 0.05) is 17.7 Å². The molecule has 28 heavy (non-hydrogen) atoms. The Balaban J connectivity index is 1.79. The van der Waals surface area contributed by atoms with Gasteiger partial charge in [-0.2, -0.15) is 0 Å². The summed E-state index contributed by atoms with van der Waals surface area (Å²) in [4.78, 5) is 17.7. The molecule has 1 aliphatic carbocycles. The zero-order valence-corrected chi connectivity index (χ0v) is 17.2. The van der Waals surface area contributed by atoms with Crippen molar-refractivity contribution in [3.05, 3.63) is 52.7 Å². The quantitative estimate of drug-likeness (QED) is 0.668. The molecule has 0 bridgehead atoms. The fourth-order valence-corrected chi connectivity index (χ4v) is 3.95. The molecule has 1 heterocycles. The average molecular weight is 403 g/mol. The van der Waals surface area contributed by atoms with Crippen LogP contribution in [0.1, 0.15) is 43.2 Å². The van der Waals surface area contributed by atoms with Crippen molar-refractivity contribution in [2.45, 2.75) is 44.4 Å². The molecule has 2 aromatic rings. The Hall–Kier alpha value is -2.11. The number of benzene rings is 1. The smallest absolute Gasteiger partial charge is 0.235 e. The van der Waals surface area contributed by atoms with E-state index in [1.165, 1.54) is 0 Å². The first-order valence-corrected chi connectivity index (χ1v) is 10.1. The Bertz CT molecular complexity index is 802. The Morgan fingerprint density at radius 2 is 1.89 bits per heavy atom. The second-order valence-corrected chi connectivity index (χ2v) is 7.73. The second-order valence-electron chi connectivity index (χ2n) is 7.29. The Kier molecular flexibility index (Phi) is 6.92. The van der Waals surface area contributed by atoms with E-state index in [1.54, 1.807) is 13.3 Å². The van der Waals surface area contributed by atoms with Gasteiger partial charge in [0.1, 0.15) is 6.61 Å². The summed E-state index contributed by atoms with van der Waals surface area (Å²) in [5.41, 5.74) is 2.06. The first-order valence-electron chi connectivity index (χ1n) is 9.71. The van der Waals surface area contributed by atoms with Crippen molar-refractivity contribution in [3.8, 4) is 5.88 Å². The summed E-state index contributed by atoms with van der Waals surface area (Å²) in [6.07, 6.45) is 6.57. The van der Waals surface area contributed by atoms with Gasteiger partial charge in [-0.05, 0) is 43.5 Å². The van der Waals surface area contributed by atoms with E-state index >= 15 is 0 Å². The minimum absolute atomic E-state index is 0.0174. The van der Waals surface area contributed by atoms with Crippen molar-refractivity contribution >= 4 is 23.2 Å². The lowest BCUT2D eigenvalue weighted by atomic mass is 9.68. The lowest BCUT2D eigenvalue weighted by molar-refractivity contribution is -0.122. The number of methoxy groups -OCH3 is 1. The average Bonchev–Trinajstić information content (AvgIpc) is 2.71. The number of halogens is 1. The highest BCUT2D eigenvalue weighted by Gasteiger charge is 2.41. The number of pyridine rings is 1. The van der Waals surface area contributed by atoms with Crippen LogP contribution in [0.2, 0.25) is 5.02 Å². The van der Waals surface area contributed by atoms with Crippen LogP contribution in [0.3, 0.4) is 0 Å². The highest BCUT2D eigenvalue weighted by molar-refractivity contribution is 6.30. The van der Waals surface area contributed by atoms with Gasteiger partial charge in [0.25, 0.3) is 0 Å². The number of ether oxygens (including phenoxy) is 2. The van der Waals surface area contributed by atoms with Crippen molar-refractivity contribution in [2.24, 2.45) is 0 Å². The minimum atomic E-state index is -0.523. The highest BCUT2D eigenvalue weighted by Crippen LogP contribution is 2.41. The first kappa shape index (κ1) is 20.6. The van der Waals surface area contributed by atoms with E-state index < -0.39 is 5.41 Å². The maximum atomic E-state index is 13.4. The molecule has 0 aliphatic heterocycles. The van der Waals surface area contributed by atoms with Gasteiger partial charge in [0.2, 0.25) is 11.8 Å². The molecule has 1 fully saturated rings. The summed E-state index contributed by atoms with van der Waals surface area (Å²) in [7, 11) is 1.63. The Morgan fingerprint density at radius 3 is 2.54 bits per heavy atom. The molecule has 0 unspecified atom stereocenters. The summed E-state index contributed by atoms with van der Waals surface area (Å²) in [5, 5.41) is 3.77. The van der Waals surface area contributed by atoms with Crippen molar-refractivity contribution in [3.63, 3.8) is 0 Å². The molecule has 3 rings (SSSR count). The molecular formula is C22H27ClN2O3. The maximum Gasteiger partial charge on any atom is 0.235 e. The van der Waals surface area contributed by atoms with Gasteiger partial charge >= 0.3 is 0 Å². The lowest BCUT2D eigenvalue weighted by Crippen LogP contribution is -2.42. The summed E-state index contributed by atoms with van der Waals surface area (Å²) >= 11 is 6.05. The molecule has 0 spiro atoms. The Labute approximate surface area is 171 Å². The van der Waals surface area contributed by atoms with Gasteiger partial charge in [-0.1, -0.05) is 43.0 Å². The highest BCUT2D eigenvalue weighted by atomic mass is 35.5. The molecule has 1 aromatic heterocycles. The van der Waals surface area contributed by atoms with E-state index in [9.17, 15) is 4.79 Å². The Morgan fingerprint density at radius 1 is 1.18 bits per heavy atom. The van der Waals surface area contributed by atoms with Crippen LogP contribution in [0, 0.1) is 6.92 Å². The molecule has 0 saturated heterocycles.